The summed E-state index contributed by atoms with van der Waals surface area (Å²) in [5, 5.41) is 5.35. The molecule has 0 radical (unpaired) electrons. The van der Waals surface area contributed by atoms with Crippen molar-refractivity contribution < 1.29 is 26.6 Å². The van der Waals surface area contributed by atoms with Crippen LogP contribution in [0.2, 0.25) is 0 Å². The van der Waals surface area contributed by atoms with Gasteiger partial charge in [-0.3, -0.25) is 0 Å². The smallest absolute Gasteiger partial charge is 0.161 e. The third-order valence-electron chi connectivity index (χ3n) is 2.99. The van der Waals surface area contributed by atoms with Crippen LogP contribution in [0.4, 0.5) is 0 Å². The normalized spacial score (nSPS) is 10.1. The number of benzene rings is 1. The SMILES string of the molecule is COCCNCc1ccc(OCc2cccs2)c(OC)c1.[Cl-]. The quantitative estimate of drug-likeness (QED) is 0.655. The third kappa shape index (κ3) is 5.85. The molecule has 0 spiro atoms. The Morgan fingerprint density at radius 3 is 2.68 bits per heavy atom. The van der Waals surface area contributed by atoms with E-state index in [2.05, 4.69) is 11.4 Å². The van der Waals surface area contributed by atoms with Crippen LogP contribution in [-0.4, -0.2) is 27.4 Å². The fourth-order valence-electron chi connectivity index (χ4n) is 1.89. The number of hydrogen-bond donors (Lipinski definition) is 1. The van der Waals surface area contributed by atoms with Crippen LogP contribution in [0.15, 0.2) is 35.7 Å². The Morgan fingerprint density at radius 2 is 2.00 bits per heavy atom. The first-order valence-corrected chi connectivity index (χ1v) is 7.73. The van der Waals surface area contributed by atoms with Crippen molar-refractivity contribution in [2.24, 2.45) is 0 Å². The molecule has 0 aliphatic carbocycles. The van der Waals surface area contributed by atoms with Crippen LogP contribution >= 0.6 is 11.3 Å². The third-order valence-corrected chi connectivity index (χ3v) is 3.84. The molecule has 0 aliphatic heterocycles. The molecule has 0 unspecified atom stereocenters. The minimum atomic E-state index is 0. The zero-order chi connectivity index (χ0) is 14.9. The van der Waals surface area contributed by atoms with E-state index in [0.717, 1.165) is 30.2 Å². The summed E-state index contributed by atoms with van der Waals surface area (Å²) in [7, 11) is 3.36. The molecule has 122 valence electrons. The van der Waals surface area contributed by atoms with Crippen molar-refractivity contribution in [1.29, 1.82) is 0 Å². The summed E-state index contributed by atoms with van der Waals surface area (Å²) in [6, 6.07) is 10.1. The Kier molecular flexibility index (Phi) is 8.92. The summed E-state index contributed by atoms with van der Waals surface area (Å²) >= 11 is 1.69. The lowest BCUT2D eigenvalue weighted by Crippen LogP contribution is -3.00. The Bertz CT molecular complexity index is 534. The number of halogens is 1. The maximum Gasteiger partial charge on any atom is 0.161 e. The Balaban J connectivity index is 0.00000242. The molecule has 0 saturated carbocycles. The van der Waals surface area contributed by atoms with E-state index in [1.807, 2.05) is 29.6 Å². The molecule has 0 atom stereocenters. The standard InChI is InChI=1S/C16H21NO3S.ClH/c1-18-8-7-17-11-13-5-6-15(16(10-13)19-2)20-12-14-4-3-9-21-14;/h3-6,9-10,17H,7-8,11-12H2,1-2H3;1H/p-1. The van der Waals surface area contributed by atoms with Gasteiger partial charge in [0.2, 0.25) is 0 Å². The van der Waals surface area contributed by atoms with Gasteiger partial charge in [0.25, 0.3) is 0 Å². The van der Waals surface area contributed by atoms with Crippen LogP contribution in [-0.2, 0) is 17.9 Å². The molecule has 1 aromatic carbocycles. The van der Waals surface area contributed by atoms with Gasteiger partial charge in [-0.1, -0.05) is 12.1 Å². The monoisotopic (exact) mass is 342 g/mol. The number of thiophene rings is 1. The summed E-state index contributed by atoms with van der Waals surface area (Å²) in [4.78, 5) is 1.20. The summed E-state index contributed by atoms with van der Waals surface area (Å²) in [6.45, 7) is 2.89. The average Bonchev–Trinajstić information content (AvgIpc) is 3.03. The lowest BCUT2D eigenvalue weighted by atomic mass is 10.2. The second-order valence-electron chi connectivity index (χ2n) is 4.52. The van der Waals surface area contributed by atoms with Crippen molar-refractivity contribution in [3.63, 3.8) is 0 Å². The fourth-order valence-corrected chi connectivity index (χ4v) is 2.51. The highest BCUT2D eigenvalue weighted by atomic mass is 35.5. The largest absolute Gasteiger partial charge is 1.00 e. The van der Waals surface area contributed by atoms with Crippen molar-refractivity contribution >= 4 is 11.3 Å². The zero-order valence-electron chi connectivity index (χ0n) is 12.8. The highest BCUT2D eigenvalue weighted by Crippen LogP contribution is 2.29. The van der Waals surface area contributed by atoms with Crippen LogP contribution in [0.1, 0.15) is 10.4 Å². The molecule has 2 aromatic rings. The Morgan fingerprint density at radius 1 is 1.14 bits per heavy atom. The van der Waals surface area contributed by atoms with Gasteiger partial charge in [-0.2, -0.15) is 0 Å². The van der Waals surface area contributed by atoms with Gasteiger partial charge in [0.1, 0.15) is 6.61 Å². The minimum Gasteiger partial charge on any atom is -1.00 e. The Hall–Kier alpha value is -1.27. The van der Waals surface area contributed by atoms with E-state index in [4.69, 9.17) is 14.2 Å². The van der Waals surface area contributed by atoms with Crippen LogP contribution in [0, 0.1) is 0 Å². The molecule has 1 N–H and O–H groups in total. The topological polar surface area (TPSA) is 39.7 Å². The minimum absolute atomic E-state index is 0. The number of hydrogen-bond acceptors (Lipinski definition) is 5. The van der Waals surface area contributed by atoms with Gasteiger partial charge in [0.05, 0.1) is 13.7 Å². The molecule has 0 bridgehead atoms. The first-order valence-electron chi connectivity index (χ1n) is 6.85. The van der Waals surface area contributed by atoms with E-state index in [1.54, 1.807) is 25.6 Å². The molecular formula is C16H21ClNO3S-. The first kappa shape index (κ1) is 18.8. The van der Waals surface area contributed by atoms with Crippen molar-refractivity contribution in [1.82, 2.24) is 5.32 Å². The first-order chi connectivity index (χ1) is 10.3. The molecule has 1 heterocycles. The molecule has 0 fully saturated rings. The van der Waals surface area contributed by atoms with Crippen molar-refractivity contribution in [3.8, 4) is 11.5 Å². The average molecular weight is 343 g/mol. The van der Waals surface area contributed by atoms with Crippen molar-refractivity contribution in [3.05, 3.63) is 46.2 Å². The molecule has 0 amide bonds. The number of methoxy groups -OCH3 is 2. The molecule has 0 aliphatic rings. The summed E-state index contributed by atoms with van der Waals surface area (Å²) in [6.07, 6.45) is 0. The molecular weight excluding hydrogens is 322 g/mol. The zero-order valence-corrected chi connectivity index (χ0v) is 14.4. The van der Waals surface area contributed by atoms with E-state index in [9.17, 15) is 0 Å². The summed E-state index contributed by atoms with van der Waals surface area (Å²) in [5.74, 6) is 1.53. The van der Waals surface area contributed by atoms with Gasteiger partial charge in [-0.05, 0) is 29.1 Å². The molecule has 22 heavy (non-hydrogen) atoms. The molecule has 6 heteroatoms. The fraction of sp³-hybridized carbons (Fsp3) is 0.375. The maximum absolute atomic E-state index is 5.82. The molecule has 2 rings (SSSR count). The number of ether oxygens (including phenoxy) is 3. The predicted molar refractivity (Wildman–Crippen MR) is 85.2 cm³/mol. The van der Waals surface area contributed by atoms with E-state index in [1.165, 1.54) is 4.88 Å². The van der Waals surface area contributed by atoms with Crippen LogP contribution in [0.5, 0.6) is 11.5 Å². The molecule has 0 saturated heterocycles. The van der Waals surface area contributed by atoms with Crippen LogP contribution in [0.25, 0.3) is 0 Å². The van der Waals surface area contributed by atoms with E-state index < -0.39 is 0 Å². The highest BCUT2D eigenvalue weighted by molar-refractivity contribution is 7.09. The van der Waals surface area contributed by atoms with Crippen LogP contribution in [0.3, 0.4) is 0 Å². The highest BCUT2D eigenvalue weighted by Gasteiger charge is 2.06. The van der Waals surface area contributed by atoms with E-state index in [0.29, 0.717) is 13.2 Å². The van der Waals surface area contributed by atoms with Gasteiger partial charge >= 0.3 is 0 Å². The lowest BCUT2D eigenvalue weighted by molar-refractivity contribution is -0.00000518. The lowest BCUT2D eigenvalue weighted by Gasteiger charge is -2.12. The second kappa shape index (κ2) is 10.5. The molecule has 1 aromatic heterocycles. The maximum atomic E-state index is 5.82. The van der Waals surface area contributed by atoms with Gasteiger partial charge in [0, 0.05) is 25.1 Å². The van der Waals surface area contributed by atoms with Crippen LogP contribution < -0.4 is 27.2 Å². The van der Waals surface area contributed by atoms with Crippen molar-refractivity contribution in [2.75, 3.05) is 27.4 Å². The van der Waals surface area contributed by atoms with Gasteiger partial charge in [-0.15, -0.1) is 11.3 Å². The summed E-state index contributed by atoms with van der Waals surface area (Å²) < 4.78 is 16.2. The summed E-state index contributed by atoms with van der Waals surface area (Å²) in [5.41, 5.74) is 1.16. The number of nitrogens with one attached hydrogen (secondary N) is 1. The second-order valence-corrected chi connectivity index (χ2v) is 5.56. The molecule has 4 nitrogen and oxygen atoms in total. The van der Waals surface area contributed by atoms with E-state index in [-0.39, 0.29) is 12.4 Å². The van der Waals surface area contributed by atoms with Gasteiger partial charge in [0.15, 0.2) is 11.5 Å². The predicted octanol–water partition coefficient (Wildman–Crippen LogP) is 0.0757. The van der Waals surface area contributed by atoms with E-state index >= 15 is 0 Å². The van der Waals surface area contributed by atoms with Gasteiger partial charge in [-0.25, -0.2) is 0 Å². The number of rotatable bonds is 9. The Labute approximate surface area is 141 Å². The van der Waals surface area contributed by atoms with Gasteiger partial charge < -0.3 is 31.9 Å². The van der Waals surface area contributed by atoms with Crippen molar-refractivity contribution in [2.45, 2.75) is 13.2 Å².